The number of rotatable bonds is 1. The zero-order chi connectivity index (χ0) is 12.3. The molecule has 3 nitrogen and oxygen atoms in total. The molecule has 0 aliphatic heterocycles. The highest BCUT2D eigenvalue weighted by Crippen LogP contribution is 2.18. The molecule has 1 rings (SSSR count). The van der Waals surface area contributed by atoms with Crippen molar-refractivity contribution in [3.05, 3.63) is 27.8 Å². The number of anilines is 1. The number of carbonyl (C=O) groups is 1. The Labute approximate surface area is 110 Å². The maximum absolute atomic E-state index is 11.8. The smallest absolute Gasteiger partial charge is 0.414 e. The second kappa shape index (κ2) is 5.03. The van der Waals surface area contributed by atoms with Crippen LogP contribution < -0.4 is 4.90 Å². The van der Waals surface area contributed by atoms with Crippen molar-refractivity contribution in [3.8, 4) is 0 Å². The van der Waals surface area contributed by atoms with Crippen LogP contribution in [-0.4, -0.2) is 18.7 Å². The molecular weight excluding hydrogens is 317 g/mol. The average molecular weight is 333 g/mol. The van der Waals surface area contributed by atoms with Crippen LogP contribution in [0.3, 0.4) is 0 Å². The Morgan fingerprint density at radius 1 is 1.38 bits per heavy atom. The third kappa shape index (κ3) is 4.00. The molecule has 0 radical (unpaired) electrons. The number of amides is 1. The first-order valence-electron chi connectivity index (χ1n) is 5.02. The lowest BCUT2D eigenvalue weighted by Gasteiger charge is -2.24. The van der Waals surface area contributed by atoms with Gasteiger partial charge in [0.05, 0.1) is 0 Å². The summed E-state index contributed by atoms with van der Waals surface area (Å²) in [4.78, 5) is 13.3. The number of benzene rings is 1. The summed E-state index contributed by atoms with van der Waals surface area (Å²) in [6, 6.07) is 7.71. The highest BCUT2D eigenvalue weighted by molar-refractivity contribution is 14.1. The number of hydrogen-bond donors (Lipinski definition) is 0. The van der Waals surface area contributed by atoms with Gasteiger partial charge in [-0.2, -0.15) is 0 Å². The standard InChI is InChI=1S/C12H16INO2/c1-12(2,3)16-11(15)14(4)10-7-5-6-9(13)8-10/h5-8H,1-4H3. The molecule has 0 aliphatic carbocycles. The molecule has 1 aromatic rings. The van der Waals surface area contributed by atoms with Gasteiger partial charge in [-0.25, -0.2) is 4.79 Å². The van der Waals surface area contributed by atoms with E-state index in [1.807, 2.05) is 45.0 Å². The van der Waals surface area contributed by atoms with Crippen molar-refractivity contribution in [2.45, 2.75) is 26.4 Å². The van der Waals surface area contributed by atoms with E-state index in [-0.39, 0.29) is 6.09 Å². The van der Waals surface area contributed by atoms with Gasteiger partial charge >= 0.3 is 6.09 Å². The molecule has 0 aromatic heterocycles. The van der Waals surface area contributed by atoms with Gasteiger partial charge in [-0.15, -0.1) is 0 Å². The summed E-state index contributed by atoms with van der Waals surface area (Å²) in [5.41, 5.74) is 0.369. The minimum Gasteiger partial charge on any atom is -0.443 e. The Balaban J connectivity index is 2.78. The van der Waals surface area contributed by atoms with Gasteiger partial charge in [-0.1, -0.05) is 6.07 Å². The van der Waals surface area contributed by atoms with E-state index in [0.29, 0.717) is 0 Å². The average Bonchev–Trinajstić information content (AvgIpc) is 2.14. The van der Waals surface area contributed by atoms with Gasteiger partial charge in [-0.05, 0) is 61.6 Å². The number of ether oxygens (including phenoxy) is 1. The fraction of sp³-hybridized carbons (Fsp3) is 0.417. The molecule has 0 atom stereocenters. The third-order valence-corrected chi connectivity index (χ3v) is 2.53. The molecule has 88 valence electrons. The Morgan fingerprint density at radius 3 is 2.50 bits per heavy atom. The summed E-state index contributed by atoms with van der Waals surface area (Å²) >= 11 is 2.21. The van der Waals surface area contributed by atoms with E-state index in [9.17, 15) is 4.79 Å². The summed E-state index contributed by atoms with van der Waals surface area (Å²) in [5.74, 6) is 0. The summed E-state index contributed by atoms with van der Waals surface area (Å²) in [6.07, 6.45) is -0.338. The van der Waals surface area contributed by atoms with E-state index in [0.717, 1.165) is 9.26 Å². The molecule has 0 heterocycles. The summed E-state index contributed by atoms with van der Waals surface area (Å²) in [6.45, 7) is 5.56. The maximum Gasteiger partial charge on any atom is 0.414 e. The predicted molar refractivity (Wildman–Crippen MR) is 73.8 cm³/mol. The van der Waals surface area contributed by atoms with Crippen molar-refractivity contribution in [2.75, 3.05) is 11.9 Å². The van der Waals surface area contributed by atoms with Crippen LogP contribution in [0.4, 0.5) is 10.5 Å². The molecule has 0 bridgehead atoms. The second-order valence-electron chi connectivity index (χ2n) is 4.52. The number of carbonyl (C=O) groups excluding carboxylic acids is 1. The molecule has 1 amide bonds. The molecular formula is C12H16INO2. The summed E-state index contributed by atoms with van der Waals surface area (Å²) in [7, 11) is 1.71. The maximum atomic E-state index is 11.8. The van der Waals surface area contributed by atoms with Crippen molar-refractivity contribution in [1.29, 1.82) is 0 Å². The van der Waals surface area contributed by atoms with Crippen molar-refractivity contribution < 1.29 is 9.53 Å². The first-order valence-corrected chi connectivity index (χ1v) is 6.10. The lowest BCUT2D eigenvalue weighted by Crippen LogP contribution is -2.34. The van der Waals surface area contributed by atoms with Gasteiger partial charge in [0, 0.05) is 16.3 Å². The second-order valence-corrected chi connectivity index (χ2v) is 5.76. The molecule has 0 aliphatic rings. The fourth-order valence-electron chi connectivity index (χ4n) is 1.12. The Morgan fingerprint density at radius 2 is 2.00 bits per heavy atom. The molecule has 0 unspecified atom stereocenters. The lowest BCUT2D eigenvalue weighted by atomic mass is 10.2. The van der Waals surface area contributed by atoms with E-state index in [1.54, 1.807) is 7.05 Å². The molecule has 4 heteroatoms. The highest BCUT2D eigenvalue weighted by Gasteiger charge is 2.20. The molecule has 0 spiro atoms. The SMILES string of the molecule is CN(C(=O)OC(C)(C)C)c1cccc(I)c1. The molecule has 0 saturated carbocycles. The first kappa shape index (κ1) is 13.3. The quantitative estimate of drug-likeness (QED) is 0.734. The lowest BCUT2D eigenvalue weighted by molar-refractivity contribution is 0.0589. The Hall–Kier alpha value is -0.780. The highest BCUT2D eigenvalue weighted by atomic mass is 127. The normalized spacial score (nSPS) is 11.1. The van der Waals surface area contributed by atoms with Crippen LogP contribution in [-0.2, 0) is 4.74 Å². The zero-order valence-corrected chi connectivity index (χ0v) is 12.1. The minimum absolute atomic E-state index is 0.338. The van der Waals surface area contributed by atoms with Gasteiger partial charge < -0.3 is 4.74 Å². The van der Waals surface area contributed by atoms with Crippen LogP contribution in [0.2, 0.25) is 0 Å². The molecule has 0 N–H and O–H groups in total. The van der Waals surface area contributed by atoms with Crippen molar-refractivity contribution >= 4 is 34.4 Å². The largest absolute Gasteiger partial charge is 0.443 e. The van der Waals surface area contributed by atoms with Crippen LogP contribution in [0.15, 0.2) is 24.3 Å². The topological polar surface area (TPSA) is 29.5 Å². The van der Waals surface area contributed by atoms with Gasteiger partial charge in [0.1, 0.15) is 5.60 Å². The van der Waals surface area contributed by atoms with E-state index in [4.69, 9.17) is 4.74 Å². The van der Waals surface area contributed by atoms with Crippen LogP contribution in [0, 0.1) is 3.57 Å². The number of nitrogens with zero attached hydrogens (tertiary/aromatic N) is 1. The van der Waals surface area contributed by atoms with Gasteiger partial charge in [0.15, 0.2) is 0 Å². The fourth-order valence-corrected chi connectivity index (χ4v) is 1.65. The van der Waals surface area contributed by atoms with E-state index < -0.39 is 5.60 Å². The van der Waals surface area contributed by atoms with E-state index in [1.165, 1.54) is 4.90 Å². The molecule has 0 saturated heterocycles. The number of hydrogen-bond acceptors (Lipinski definition) is 2. The van der Waals surface area contributed by atoms with Crippen LogP contribution >= 0.6 is 22.6 Å². The first-order chi connectivity index (χ1) is 7.29. The van der Waals surface area contributed by atoms with Gasteiger partial charge in [0.2, 0.25) is 0 Å². The summed E-state index contributed by atoms with van der Waals surface area (Å²) in [5, 5.41) is 0. The molecule has 16 heavy (non-hydrogen) atoms. The molecule has 1 aromatic carbocycles. The third-order valence-electron chi connectivity index (χ3n) is 1.86. The molecule has 0 fully saturated rings. The summed E-state index contributed by atoms with van der Waals surface area (Å²) < 4.78 is 6.37. The Kier molecular flexibility index (Phi) is 4.18. The van der Waals surface area contributed by atoms with E-state index in [2.05, 4.69) is 22.6 Å². The Bertz CT molecular complexity index is 385. The van der Waals surface area contributed by atoms with Gasteiger partial charge in [-0.3, -0.25) is 4.90 Å². The van der Waals surface area contributed by atoms with Crippen molar-refractivity contribution in [1.82, 2.24) is 0 Å². The van der Waals surface area contributed by atoms with Crippen molar-refractivity contribution in [3.63, 3.8) is 0 Å². The van der Waals surface area contributed by atoms with E-state index >= 15 is 0 Å². The number of halogens is 1. The minimum atomic E-state index is -0.465. The predicted octanol–water partition coefficient (Wildman–Crippen LogP) is 3.66. The van der Waals surface area contributed by atoms with Crippen molar-refractivity contribution in [2.24, 2.45) is 0 Å². The monoisotopic (exact) mass is 333 g/mol. The van der Waals surface area contributed by atoms with Crippen LogP contribution in [0.1, 0.15) is 20.8 Å². The zero-order valence-electron chi connectivity index (χ0n) is 9.95. The van der Waals surface area contributed by atoms with Crippen LogP contribution in [0.5, 0.6) is 0 Å². The van der Waals surface area contributed by atoms with Gasteiger partial charge in [0.25, 0.3) is 0 Å². The van der Waals surface area contributed by atoms with Crippen LogP contribution in [0.25, 0.3) is 0 Å².